The van der Waals surface area contributed by atoms with Gasteiger partial charge in [-0.15, -0.1) is 0 Å². The summed E-state index contributed by atoms with van der Waals surface area (Å²) in [6, 6.07) is 12.4. The van der Waals surface area contributed by atoms with Gasteiger partial charge in [0.1, 0.15) is 5.76 Å². The van der Waals surface area contributed by atoms with Crippen molar-refractivity contribution in [2.45, 2.75) is 13.0 Å². The minimum absolute atomic E-state index is 0.00626. The quantitative estimate of drug-likeness (QED) is 0.643. The van der Waals surface area contributed by atoms with Crippen LogP contribution in [0.2, 0.25) is 0 Å². The van der Waals surface area contributed by atoms with Crippen LogP contribution in [-0.4, -0.2) is 35.4 Å². The summed E-state index contributed by atoms with van der Waals surface area (Å²) in [6.45, 7) is 1.33. The van der Waals surface area contributed by atoms with Gasteiger partial charge in [-0.25, -0.2) is 9.48 Å². The van der Waals surface area contributed by atoms with Crippen molar-refractivity contribution in [3.05, 3.63) is 66.4 Å². The molecule has 8 nitrogen and oxygen atoms in total. The fraction of sp³-hybridized carbons (Fsp3) is 0.211. The number of nitrogens with one attached hydrogen (secondary N) is 1. The lowest BCUT2D eigenvalue weighted by Crippen LogP contribution is -2.31. The second kappa shape index (κ2) is 8.22. The summed E-state index contributed by atoms with van der Waals surface area (Å²) in [7, 11) is 1.43. The first-order valence-corrected chi connectivity index (χ1v) is 8.27. The highest BCUT2D eigenvalue weighted by Crippen LogP contribution is 2.20. The Bertz CT molecular complexity index is 903. The molecular weight excluding hydrogens is 350 g/mol. The number of para-hydroxylation sites is 1. The van der Waals surface area contributed by atoms with Gasteiger partial charge in [-0.05, 0) is 31.2 Å². The Morgan fingerprint density at radius 3 is 2.67 bits per heavy atom. The normalized spacial score (nSPS) is 11.6. The van der Waals surface area contributed by atoms with Gasteiger partial charge < -0.3 is 19.2 Å². The number of carbonyl (C=O) groups is 2. The summed E-state index contributed by atoms with van der Waals surface area (Å²) in [4.78, 5) is 24.3. The minimum atomic E-state index is -0.748. The first-order valence-electron chi connectivity index (χ1n) is 8.27. The fourth-order valence-electron chi connectivity index (χ4n) is 2.45. The third-order valence-corrected chi connectivity index (χ3v) is 3.80. The number of rotatable bonds is 7. The number of carbonyl (C=O) groups excluding carboxylic acids is 2. The van der Waals surface area contributed by atoms with Crippen molar-refractivity contribution in [2.24, 2.45) is 0 Å². The molecule has 0 bridgehead atoms. The predicted molar refractivity (Wildman–Crippen MR) is 95.7 cm³/mol. The number of methoxy groups -OCH3 is 1. The SMILES string of the molecule is COc1cn(-c2ccccc2)nc1C(=O)OCC(=O)N[C@H](C)c1ccco1. The molecule has 0 radical (unpaired) electrons. The lowest BCUT2D eigenvalue weighted by atomic mass is 10.2. The van der Waals surface area contributed by atoms with E-state index in [9.17, 15) is 9.59 Å². The van der Waals surface area contributed by atoms with E-state index < -0.39 is 18.5 Å². The molecule has 27 heavy (non-hydrogen) atoms. The molecule has 1 N–H and O–H groups in total. The molecule has 0 aliphatic heterocycles. The van der Waals surface area contributed by atoms with Crippen LogP contribution in [-0.2, 0) is 9.53 Å². The number of nitrogens with zero attached hydrogens (tertiary/aromatic N) is 2. The second-order valence-electron chi connectivity index (χ2n) is 5.71. The van der Waals surface area contributed by atoms with Gasteiger partial charge in [-0.3, -0.25) is 4.79 Å². The zero-order chi connectivity index (χ0) is 19.2. The summed E-state index contributed by atoms with van der Waals surface area (Å²) >= 11 is 0. The second-order valence-corrected chi connectivity index (χ2v) is 5.71. The highest BCUT2D eigenvalue weighted by atomic mass is 16.5. The van der Waals surface area contributed by atoms with E-state index in [1.54, 1.807) is 25.3 Å². The average molecular weight is 369 g/mol. The van der Waals surface area contributed by atoms with Crippen molar-refractivity contribution < 1.29 is 23.5 Å². The molecule has 0 aliphatic carbocycles. The monoisotopic (exact) mass is 369 g/mol. The van der Waals surface area contributed by atoms with Crippen LogP contribution in [0.4, 0.5) is 0 Å². The van der Waals surface area contributed by atoms with E-state index >= 15 is 0 Å². The number of hydrogen-bond acceptors (Lipinski definition) is 6. The van der Waals surface area contributed by atoms with Crippen LogP contribution < -0.4 is 10.1 Å². The molecule has 3 aromatic rings. The number of amides is 1. The van der Waals surface area contributed by atoms with Crippen molar-refractivity contribution in [2.75, 3.05) is 13.7 Å². The molecule has 0 saturated carbocycles. The lowest BCUT2D eigenvalue weighted by Gasteiger charge is -2.11. The number of benzene rings is 1. The summed E-state index contributed by atoms with van der Waals surface area (Å²) in [5.41, 5.74) is 0.758. The standard InChI is InChI=1S/C19H19N3O5/c1-13(15-9-6-10-26-15)20-17(23)12-27-19(24)18-16(25-2)11-22(21-18)14-7-4-3-5-8-14/h3-11,13H,12H2,1-2H3,(H,20,23)/t13-/m1/s1. The maximum Gasteiger partial charge on any atom is 0.363 e. The Morgan fingerprint density at radius 1 is 1.22 bits per heavy atom. The molecular formula is C19H19N3O5. The first kappa shape index (κ1) is 18.2. The Balaban J connectivity index is 1.62. The molecule has 8 heteroatoms. The third kappa shape index (κ3) is 4.35. The van der Waals surface area contributed by atoms with Gasteiger partial charge in [0.05, 0.1) is 31.3 Å². The van der Waals surface area contributed by atoms with Gasteiger partial charge in [0.25, 0.3) is 5.91 Å². The Morgan fingerprint density at radius 2 is 2.00 bits per heavy atom. The number of hydrogen-bond donors (Lipinski definition) is 1. The van der Waals surface area contributed by atoms with E-state index in [0.29, 0.717) is 5.76 Å². The predicted octanol–water partition coefficient (Wildman–Crippen LogP) is 2.51. The molecule has 2 heterocycles. The van der Waals surface area contributed by atoms with Crippen LogP contribution in [0.3, 0.4) is 0 Å². The van der Waals surface area contributed by atoms with Crippen LogP contribution in [0.1, 0.15) is 29.2 Å². The number of esters is 1. The van der Waals surface area contributed by atoms with Crippen LogP contribution >= 0.6 is 0 Å². The topological polar surface area (TPSA) is 95.6 Å². The highest BCUT2D eigenvalue weighted by Gasteiger charge is 2.21. The van der Waals surface area contributed by atoms with Crippen molar-refractivity contribution in [3.63, 3.8) is 0 Å². The average Bonchev–Trinajstić information content (AvgIpc) is 3.36. The van der Waals surface area contributed by atoms with Crippen LogP contribution in [0, 0.1) is 0 Å². The van der Waals surface area contributed by atoms with E-state index in [1.165, 1.54) is 18.1 Å². The van der Waals surface area contributed by atoms with E-state index in [1.807, 2.05) is 30.3 Å². The van der Waals surface area contributed by atoms with Crippen LogP contribution in [0.15, 0.2) is 59.3 Å². The van der Waals surface area contributed by atoms with Crippen LogP contribution in [0.5, 0.6) is 5.75 Å². The van der Waals surface area contributed by atoms with Crippen molar-refractivity contribution in [1.29, 1.82) is 0 Å². The maximum atomic E-state index is 12.3. The molecule has 0 aliphatic rings. The molecule has 0 unspecified atom stereocenters. The molecule has 1 atom stereocenters. The molecule has 0 fully saturated rings. The highest BCUT2D eigenvalue weighted by molar-refractivity contribution is 5.92. The molecule has 1 amide bonds. The lowest BCUT2D eigenvalue weighted by molar-refractivity contribution is -0.125. The van der Waals surface area contributed by atoms with E-state index in [4.69, 9.17) is 13.9 Å². The molecule has 3 rings (SSSR count). The Hall–Kier alpha value is -3.55. The van der Waals surface area contributed by atoms with E-state index in [0.717, 1.165) is 5.69 Å². The molecule has 0 saturated heterocycles. The van der Waals surface area contributed by atoms with Gasteiger partial charge in [0.2, 0.25) is 5.69 Å². The summed E-state index contributed by atoms with van der Waals surface area (Å²) in [6.07, 6.45) is 3.10. The Labute approximate surface area is 155 Å². The molecule has 1 aromatic carbocycles. The fourth-order valence-corrected chi connectivity index (χ4v) is 2.45. The first-order chi connectivity index (χ1) is 13.1. The van der Waals surface area contributed by atoms with Crippen molar-refractivity contribution in [3.8, 4) is 11.4 Å². The Kier molecular flexibility index (Phi) is 5.55. The third-order valence-electron chi connectivity index (χ3n) is 3.80. The van der Waals surface area contributed by atoms with Gasteiger partial charge in [-0.2, -0.15) is 5.10 Å². The van der Waals surface area contributed by atoms with Gasteiger partial charge in [0, 0.05) is 0 Å². The number of ether oxygens (including phenoxy) is 2. The number of aromatic nitrogens is 2. The largest absolute Gasteiger partial charge is 0.493 e. The smallest absolute Gasteiger partial charge is 0.363 e. The summed E-state index contributed by atoms with van der Waals surface area (Å²) in [5.74, 6) is -0.331. The van der Waals surface area contributed by atoms with E-state index in [-0.39, 0.29) is 17.5 Å². The van der Waals surface area contributed by atoms with Crippen molar-refractivity contribution in [1.82, 2.24) is 15.1 Å². The summed E-state index contributed by atoms with van der Waals surface area (Å²) in [5, 5.41) is 6.88. The van der Waals surface area contributed by atoms with Crippen LogP contribution in [0.25, 0.3) is 5.69 Å². The van der Waals surface area contributed by atoms with Crippen molar-refractivity contribution >= 4 is 11.9 Å². The zero-order valence-electron chi connectivity index (χ0n) is 14.9. The molecule has 2 aromatic heterocycles. The van der Waals surface area contributed by atoms with Gasteiger partial charge in [-0.1, -0.05) is 18.2 Å². The minimum Gasteiger partial charge on any atom is -0.493 e. The van der Waals surface area contributed by atoms with Gasteiger partial charge in [0.15, 0.2) is 12.4 Å². The summed E-state index contributed by atoms with van der Waals surface area (Å²) < 4.78 is 17.0. The zero-order valence-corrected chi connectivity index (χ0v) is 14.9. The number of furan rings is 1. The van der Waals surface area contributed by atoms with Gasteiger partial charge >= 0.3 is 5.97 Å². The molecule has 0 spiro atoms. The maximum absolute atomic E-state index is 12.3. The van der Waals surface area contributed by atoms with E-state index in [2.05, 4.69) is 10.4 Å². The molecule has 140 valence electrons.